The molecule has 1 saturated carbocycles. The van der Waals surface area contributed by atoms with Crippen LogP contribution in [0.2, 0.25) is 0 Å². The Bertz CT molecular complexity index is 461. The Kier molecular flexibility index (Phi) is 2.92. The van der Waals surface area contributed by atoms with Crippen LogP contribution in [0.1, 0.15) is 38.3 Å². The molecular weight excluding hydrogens is 230 g/mol. The summed E-state index contributed by atoms with van der Waals surface area (Å²) in [5, 5.41) is 5.64. The number of nitrogens with zero attached hydrogens (tertiary/aromatic N) is 2. The maximum atomic E-state index is 4.58. The molecule has 0 saturated heterocycles. The minimum Gasteiger partial charge on any atom is -0.311 e. The van der Waals surface area contributed by atoms with Crippen molar-refractivity contribution in [2.24, 2.45) is 5.41 Å². The zero-order chi connectivity index (χ0) is 11.7. The fraction of sp³-hybridized carbons (Fsp3) is 0.615. The molecule has 3 nitrogen and oxygen atoms in total. The molecule has 92 valence electrons. The van der Waals surface area contributed by atoms with Gasteiger partial charge in [0.1, 0.15) is 0 Å². The summed E-state index contributed by atoms with van der Waals surface area (Å²) in [6.07, 6.45) is 9.70. The first-order valence-corrected chi connectivity index (χ1v) is 7.31. The van der Waals surface area contributed by atoms with Crippen LogP contribution in [0.25, 0.3) is 4.96 Å². The van der Waals surface area contributed by atoms with Gasteiger partial charge >= 0.3 is 0 Å². The smallest absolute Gasteiger partial charge is 0.193 e. The Balaban J connectivity index is 1.55. The van der Waals surface area contributed by atoms with E-state index in [0.717, 1.165) is 23.7 Å². The predicted octanol–water partition coefficient (Wildman–Crippen LogP) is 3.07. The van der Waals surface area contributed by atoms with Gasteiger partial charge < -0.3 is 5.32 Å². The molecule has 0 radical (unpaired) electrons. The van der Waals surface area contributed by atoms with E-state index in [9.17, 15) is 0 Å². The van der Waals surface area contributed by atoms with Crippen molar-refractivity contribution in [3.05, 3.63) is 23.5 Å². The number of aromatic nitrogens is 2. The predicted molar refractivity (Wildman–Crippen MR) is 71.4 cm³/mol. The lowest BCUT2D eigenvalue weighted by molar-refractivity contribution is 0.123. The molecular formula is C13H19N3S. The third-order valence-corrected chi connectivity index (χ3v) is 4.88. The third kappa shape index (κ3) is 2.11. The van der Waals surface area contributed by atoms with Gasteiger partial charge in [0.15, 0.2) is 4.96 Å². The topological polar surface area (TPSA) is 29.3 Å². The largest absolute Gasteiger partial charge is 0.311 e. The van der Waals surface area contributed by atoms with E-state index in [-0.39, 0.29) is 0 Å². The van der Waals surface area contributed by atoms with E-state index in [1.807, 2.05) is 0 Å². The summed E-state index contributed by atoms with van der Waals surface area (Å²) < 4.78 is 2.10. The van der Waals surface area contributed by atoms with E-state index in [1.54, 1.807) is 11.3 Å². The molecule has 1 aliphatic carbocycles. The highest BCUT2D eigenvalue weighted by atomic mass is 32.1. The maximum absolute atomic E-state index is 4.58. The minimum atomic E-state index is 0.594. The van der Waals surface area contributed by atoms with Crippen molar-refractivity contribution < 1.29 is 0 Å². The molecule has 1 fully saturated rings. The molecule has 1 aliphatic rings. The quantitative estimate of drug-likeness (QED) is 0.882. The first-order valence-electron chi connectivity index (χ1n) is 6.43. The van der Waals surface area contributed by atoms with E-state index >= 15 is 0 Å². The summed E-state index contributed by atoms with van der Waals surface area (Å²) in [5.74, 6) is 0. The number of nitrogens with one attached hydrogen (secondary N) is 1. The van der Waals surface area contributed by atoms with Crippen LogP contribution >= 0.6 is 11.3 Å². The summed E-state index contributed by atoms with van der Waals surface area (Å²) in [4.78, 5) is 5.67. The second-order valence-electron chi connectivity index (χ2n) is 5.14. The molecule has 1 N–H and O–H groups in total. The standard InChI is InChI=1S/C13H19N3S/c1-2-13(4-3-5-13)10-14-8-11-9-16-6-7-17-12(16)15-11/h6-7,9,14H,2-5,8,10H2,1H3. The Labute approximate surface area is 106 Å². The third-order valence-electron chi connectivity index (χ3n) is 4.11. The van der Waals surface area contributed by atoms with E-state index in [4.69, 9.17) is 0 Å². The van der Waals surface area contributed by atoms with Gasteiger partial charge in [-0.1, -0.05) is 13.3 Å². The van der Waals surface area contributed by atoms with Crippen molar-refractivity contribution in [1.82, 2.24) is 14.7 Å². The first-order chi connectivity index (χ1) is 8.31. The van der Waals surface area contributed by atoms with Crippen LogP contribution in [0, 0.1) is 5.41 Å². The second-order valence-corrected chi connectivity index (χ2v) is 6.01. The molecule has 0 aliphatic heterocycles. The lowest BCUT2D eigenvalue weighted by Gasteiger charge is -2.41. The van der Waals surface area contributed by atoms with Crippen molar-refractivity contribution in [2.45, 2.75) is 39.2 Å². The van der Waals surface area contributed by atoms with Gasteiger partial charge in [-0.3, -0.25) is 4.40 Å². The molecule has 0 atom stereocenters. The molecule has 4 heteroatoms. The highest BCUT2D eigenvalue weighted by Gasteiger charge is 2.34. The Morgan fingerprint density at radius 1 is 1.53 bits per heavy atom. The number of fused-ring (bicyclic) bond motifs is 1. The zero-order valence-corrected chi connectivity index (χ0v) is 11.1. The van der Waals surface area contributed by atoms with Crippen LogP contribution in [-0.2, 0) is 6.54 Å². The van der Waals surface area contributed by atoms with E-state index in [0.29, 0.717) is 5.41 Å². The summed E-state index contributed by atoms with van der Waals surface area (Å²) in [6, 6.07) is 0. The number of hydrogen-bond donors (Lipinski definition) is 1. The molecule has 0 spiro atoms. The number of rotatable bonds is 5. The number of hydrogen-bond acceptors (Lipinski definition) is 3. The second kappa shape index (κ2) is 4.42. The summed E-state index contributed by atoms with van der Waals surface area (Å²) >= 11 is 1.69. The van der Waals surface area contributed by atoms with Crippen LogP contribution in [0.5, 0.6) is 0 Å². The summed E-state index contributed by atoms with van der Waals surface area (Å²) in [6.45, 7) is 4.36. The van der Waals surface area contributed by atoms with Gasteiger partial charge in [-0.05, 0) is 24.7 Å². The van der Waals surface area contributed by atoms with Crippen molar-refractivity contribution in [2.75, 3.05) is 6.54 Å². The average Bonchev–Trinajstić information content (AvgIpc) is 2.82. The van der Waals surface area contributed by atoms with E-state index < -0.39 is 0 Å². The molecule has 2 aromatic heterocycles. The van der Waals surface area contributed by atoms with Gasteiger partial charge in [0.2, 0.25) is 0 Å². The lowest BCUT2D eigenvalue weighted by Crippen LogP contribution is -2.39. The van der Waals surface area contributed by atoms with Gasteiger partial charge in [-0.25, -0.2) is 4.98 Å². The Morgan fingerprint density at radius 3 is 3.06 bits per heavy atom. The van der Waals surface area contributed by atoms with Crippen molar-refractivity contribution in [1.29, 1.82) is 0 Å². The molecule has 2 heterocycles. The normalized spacial score (nSPS) is 18.4. The van der Waals surface area contributed by atoms with Crippen molar-refractivity contribution in [3.63, 3.8) is 0 Å². The minimum absolute atomic E-state index is 0.594. The monoisotopic (exact) mass is 249 g/mol. The number of thiazole rings is 1. The Morgan fingerprint density at radius 2 is 2.41 bits per heavy atom. The first kappa shape index (κ1) is 11.2. The highest BCUT2D eigenvalue weighted by Crippen LogP contribution is 2.43. The fourth-order valence-corrected chi connectivity index (χ4v) is 3.37. The SMILES string of the molecule is CCC1(CNCc2cn3ccsc3n2)CCC1. The van der Waals surface area contributed by atoms with E-state index in [1.165, 1.54) is 25.7 Å². The maximum Gasteiger partial charge on any atom is 0.193 e. The van der Waals surface area contributed by atoms with E-state index in [2.05, 4.69) is 39.4 Å². The van der Waals surface area contributed by atoms with Crippen LogP contribution in [0.4, 0.5) is 0 Å². The molecule has 0 unspecified atom stereocenters. The van der Waals surface area contributed by atoms with Crippen LogP contribution in [0.3, 0.4) is 0 Å². The zero-order valence-electron chi connectivity index (χ0n) is 10.3. The Hall–Kier alpha value is -0.870. The van der Waals surface area contributed by atoms with Crippen LogP contribution in [0.15, 0.2) is 17.8 Å². The van der Waals surface area contributed by atoms with Crippen molar-refractivity contribution >= 4 is 16.3 Å². The molecule has 17 heavy (non-hydrogen) atoms. The van der Waals surface area contributed by atoms with Gasteiger partial charge in [0.25, 0.3) is 0 Å². The highest BCUT2D eigenvalue weighted by molar-refractivity contribution is 7.15. The van der Waals surface area contributed by atoms with Gasteiger partial charge in [-0.2, -0.15) is 0 Å². The lowest BCUT2D eigenvalue weighted by atomic mass is 9.67. The summed E-state index contributed by atoms with van der Waals surface area (Å²) in [5.41, 5.74) is 1.75. The average molecular weight is 249 g/mol. The molecule has 3 rings (SSSR count). The summed E-state index contributed by atoms with van der Waals surface area (Å²) in [7, 11) is 0. The molecule has 0 amide bonds. The van der Waals surface area contributed by atoms with Gasteiger partial charge in [-0.15, -0.1) is 11.3 Å². The van der Waals surface area contributed by atoms with Gasteiger partial charge in [0, 0.05) is 30.9 Å². The fourth-order valence-electron chi connectivity index (χ4n) is 2.65. The van der Waals surface area contributed by atoms with Crippen LogP contribution < -0.4 is 5.32 Å². The number of imidazole rings is 1. The van der Waals surface area contributed by atoms with Crippen LogP contribution in [-0.4, -0.2) is 15.9 Å². The molecule has 2 aromatic rings. The molecule has 0 bridgehead atoms. The van der Waals surface area contributed by atoms with Crippen molar-refractivity contribution in [3.8, 4) is 0 Å². The molecule has 0 aromatic carbocycles. The van der Waals surface area contributed by atoms with Gasteiger partial charge in [0.05, 0.1) is 5.69 Å².